The molecule has 20 heavy (non-hydrogen) atoms. The lowest BCUT2D eigenvalue weighted by Crippen LogP contribution is -2.46. The van der Waals surface area contributed by atoms with Gasteiger partial charge in [0.05, 0.1) is 25.4 Å². The normalized spacial score (nSPS) is 27.1. The van der Waals surface area contributed by atoms with Crippen LogP contribution in [-0.4, -0.2) is 66.2 Å². The average Bonchev–Trinajstić information content (AvgIpc) is 2.49. The summed E-state index contributed by atoms with van der Waals surface area (Å²) in [5.41, 5.74) is 6.22. The molecule has 1 saturated heterocycles. The zero-order chi connectivity index (χ0) is 14.4. The van der Waals surface area contributed by atoms with Gasteiger partial charge >= 0.3 is 0 Å². The predicted molar refractivity (Wildman–Crippen MR) is 78.4 cm³/mol. The van der Waals surface area contributed by atoms with Crippen LogP contribution in [0.1, 0.15) is 38.5 Å². The Kier molecular flexibility index (Phi) is 6.71. The molecule has 0 aromatic heterocycles. The third kappa shape index (κ3) is 4.97. The Labute approximate surface area is 122 Å². The van der Waals surface area contributed by atoms with Crippen molar-refractivity contribution in [3.8, 4) is 0 Å². The second-order valence-electron chi connectivity index (χ2n) is 6.35. The van der Waals surface area contributed by atoms with Crippen molar-refractivity contribution in [2.45, 2.75) is 56.8 Å². The van der Waals surface area contributed by atoms with E-state index in [0.717, 1.165) is 13.1 Å². The van der Waals surface area contributed by atoms with Crippen molar-refractivity contribution < 1.29 is 14.9 Å². The van der Waals surface area contributed by atoms with E-state index in [4.69, 9.17) is 10.5 Å². The molecule has 0 spiro atoms. The van der Waals surface area contributed by atoms with Gasteiger partial charge in [-0.25, -0.2) is 0 Å². The van der Waals surface area contributed by atoms with Gasteiger partial charge in [-0.15, -0.1) is 0 Å². The summed E-state index contributed by atoms with van der Waals surface area (Å²) in [7, 11) is 0. The maximum Gasteiger partial charge on any atom is 0.0926 e. The molecular weight excluding hydrogens is 256 g/mol. The van der Waals surface area contributed by atoms with Gasteiger partial charge in [0.2, 0.25) is 0 Å². The standard InChI is InChI=1S/C15H30N2O3/c16-13(12-4-2-1-3-5-12)10-14(18)15(19)11-17-6-8-20-9-7-17/h12-15,18-19H,1-11,16H2. The molecule has 1 heterocycles. The fourth-order valence-corrected chi connectivity index (χ4v) is 3.36. The number of aliphatic hydroxyl groups is 2. The molecule has 3 atom stereocenters. The molecule has 5 heteroatoms. The van der Waals surface area contributed by atoms with Crippen LogP contribution in [0.3, 0.4) is 0 Å². The van der Waals surface area contributed by atoms with Crippen molar-refractivity contribution in [1.29, 1.82) is 0 Å². The number of hydrogen-bond acceptors (Lipinski definition) is 5. The summed E-state index contributed by atoms with van der Waals surface area (Å²) >= 11 is 0. The Morgan fingerprint density at radius 2 is 1.70 bits per heavy atom. The fraction of sp³-hybridized carbons (Fsp3) is 1.00. The van der Waals surface area contributed by atoms with Crippen molar-refractivity contribution in [3.05, 3.63) is 0 Å². The Bertz CT molecular complexity index is 266. The first-order chi connectivity index (χ1) is 9.66. The Morgan fingerprint density at radius 1 is 1.05 bits per heavy atom. The van der Waals surface area contributed by atoms with E-state index < -0.39 is 12.2 Å². The van der Waals surface area contributed by atoms with Gasteiger partial charge in [0, 0.05) is 25.7 Å². The van der Waals surface area contributed by atoms with Crippen molar-refractivity contribution in [2.75, 3.05) is 32.8 Å². The molecule has 118 valence electrons. The van der Waals surface area contributed by atoms with Gasteiger partial charge in [-0.3, -0.25) is 4.90 Å². The molecule has 1 aliphatic heterocycles. The highest BCUT2D eigenvalue weighted by molar-refractivity contribution is 4.82. The van der Waals surface area contributed by atoms with Crippen molar-refractivity contribution in [3.63, 3.8) is 0 Å². The predicted octanol–water partition coefficient (Wildman–Crippen LogP) is 0.338. The van der Waals surface area contributed by atoms with E-state index in [1.54, 1.807) is 0 Å². The average molecular weight is 286 g/mol. The van der Waals surface area contributed by atoms with Crippen LogP contribution in [0.4, 0.5) is 0 Å². The van der Waals surface area contributed by atoms with E-state index in [1.807, 2.05) is 0 Å². The van der Waals surface area contributed by atoms with E-state index in [9.17, 15) is 10.2 Å². The molecule has 0 amide bonds. The number of morpholine rings is 1. The van der Waals surface area contributed by atoms with Gasteiger partial charge in [-0.05, 0) is 25.2 Å². The zero-order valence-corrected chi connectivity index (χ0v) is 12.4. The van der Waals surface area contributed by atoms with E-state index in [1.165, 1.54) is 32.1 Å². The van der Waals surface area contributed by atoms with E-state index in [2.05, 4.69) is 4.90 Å². The lowest BCUT2D eigenvalue weighted by atomic mass is 9.82. The van der Waals surface area contributed by atoms with Crippen LogP contribution in [0.2, 0.25) is 0 Å². The first kappa shape index (κ1) is 16.2. The maximum absolute atomic E-state index is 10.2. The van der Waals surface area contributed by atoms with Gasteiger partial charge in [-0.2, -0.15) is 0 Å². The molecule has 0 radical (unpaired) electrons. The number of nitrogens with zero attached hydrogens (tertiary/aromatic N) is 1. The molecular formula is C15H30N2O3. The second-order valence-corrected chi connectivity index (χ2v) is 6.35. The van der Waals surface area contributed by atoms with E-state index in [0.29, 0.717) is 32.1 Å². The number of aliphatic hydroxyl groups excluding tert-OH is 2. The third-order valence-electron chi connectivity index (χ3n) is 4.76. The zero-order valence-electron chi connectivity index (χ0n) is 12.4. The van der Waals surface area contributed by atoms with Crippen molar-refractivity contribution in [2.24, 2.45) is 11.7 Å². The molecule has 0 aromatic rings. The van der Waals surface area contributed by atoms with Gasteiger partial charge in [0.1, 0.15) is 0 Å². The minimum absolute atomic E-state index is 0.0182. The molecule has 0 aromatic carbocycles. The first-order valence-corrected chi connectivity index (χ1v) is 8.08. The van der Waals surface area contributed by atoms with E-state index >= 15 is 0 Å². The lowest BCUT2D eigenvalue weighted by molar-refractivity contribution is -0.0345. The molecule has 1 saturated carbocycles. The molecule has 0 bridgehead atoms. The third-order valence-corrected chi connectivity index (χ3v) is 4.76. The summed E-state index contributed by atoms with van der Waals surface area (Å²) in [6.07, 6.45) is 5.26. The summed E-state index contributed by atoms with van der Waals surface area (Å²) in [6, 6.07) is 0.0182. The maximum atomic E-state index is 10.2. The van der Waals surface area contributed by atoms with Gasteiger partial charge < -0.3 is 20.7 Å². The molecule has 2 rings (SSSR count). The second kappa shape index (κ2) is 8.29. The van der Waals surface area contributed by atoms with Crippen molar-refractivity contribution in [1.82, 2.24) is 4.90 Å². The molecule has 3 unspecified atom stereocenters. The summed E-state index contributed by atoms with van der Waals surface area (Å²) in [5.74, 6) is 0.522. The number of rotatable bonds is 6. The summed E-state index contributed by atoms with van der Waals surface area (Å²) in [5, 5.41) is 20.3. The smallest absolute Gasteiger partial charge is 0.0926 e. The minimum Gasteiger partial charge on any atom is -0.390 e. The van der Waals surface area contributed by atoms with Crippen LogP contribution >= 0.6 is 0 Å². The molecule has 4 N–H and O–H groups in total. The van der Waals surface area contributed by atoms with Gasteiger partial charge in [0.15, 0.2) is 0 Å². The Balaban J connectivity index is 1.70. The quantitative estimate of drug-likeness (QED) is 0.656. The fourth-order valence-electron chi connectivity index (χ4n) is 3.36. The summed E-state index contributed by atoms with van der Waals surface area (Å²) < 4.78 is 5.28. The minimum atomic E-state index is -0.713. The highest BCUT2D eigenvalue weighted by atomic mass is 16.5. The SMILES string of the molecule is NC(CC(O)C(O)CN1CCOCC1)C1CCCCC1. The number of ether oxygens (including phenoxy) is 1. The Morgan fingerprint density at radius 3 is 2.35 bits per heavy atom. The van der Waals surface area contributed by atoms with Crippen LogP contribution in [-0.2, 0) is 4.74 Å². The van der Waals surface area contributed by atoms with Gasteiger partial charge in [0.25, 0.3) is 0 Å². The first-order valence-electron chi connectivity index (χ1n) is 8.08. The number of hydrogen-bond donors (Lipinski definition) is 3. The van der Waals surface area contributed by atoms with Crippen LogP contribution in [0.5, 0.6) is 0 Å². The topological polar surface area (TPSA) is 79.0 Å². The lowest BCUT2D eigenvalue weighted by Gasteiger charge is -2.32. The molecule has 5 nitrogen and oxygen atoms in total. The monoisotopic (exact) mass is 286 g/mol. The van der Waals surface area contributed by atoms with Crippen LogP contribution < -0.4 is 5.73 Å². The van der Waals surface area contributed by atoms with Crippen LogP contribution in [0.15, 0.2) is 0 Å². The van der Waals surface area contributed by atoms with Crippen LogP contribution in [0.25, 0.3) is 0 Å². The largest absolute Gasteiger partial charge is 0.390 e. The van der Waals surface area contributed by atoms with Gasteiger partial charge in [-0.1, -0.05) is 19.3 Å². The number of nitrogens with two attached hydrogens (primary N) is 1. The summed E-state index contributed by atoms with van der Waals surface area (Å²) in [4.78, 5) is 2.14. The molecule has 2 fully saturated rings. The summed E-state index contributed by atoms with van der Waals surface area (Å²) in [6.45, 7) is 3.60. The molecule has 1 aliphatic carbocycles. The van der Waals surface area contributed by atoms with E-state index in [-0.39, 0.29) is 6.04 Å². The number of β-amino-alcohol motifs (C(OH)–C–C–N with tert-alkyl or cyclic N) is 1. The van der Waals surface area contributed by atoms with Crippen LogP contribution in [0, 0.1) is 5.92 Å². The Hall–Kier alpha value is -0.200. The molecule has 2 aliphatic rings. The highest BCUT2D eigenvalue weighted by Gasteiger charge is 2.27. The highest BCUT2D eigenvalue weighted by Crippen LogP contribution is 2.27. The van der Waals surface area contributed by atoms with Crippen molar-refractivity contribution >= 4 is 0 Å².